The maximum absolute atomic E-state index is 6.37. The molecule has 0 amide bonds. The lowest BCUT2D eigenvalue weighted by atomic mass is 9.97. The van der Waals surface area contributed by atoms with Gasteiger partial charge in [0.05, 0.1) is 11.0 Å². The van der Waals surface area contributed by atoms with Crippen molar-refractivity contribution >= 4 is 65.3 Å². The van der Waals surface area contributed by atoms with E-state index < -0.39 is 0 Å². The molecule has 0 aliphatic carbocycles. The van der Waals surface area contributed by atoms with Gasteiger partial charge < -0.3 is 4.42 Å². The highest BCUT2D eigenvalue weighted by Crippen LogP contribution is 2.43. The Bertz CT molecular complexity index is 3190. The molecule has 11 rings (SSSR count). The first kappa shape index (κ1) is 28.7. The van der Waals surface area contributed by atoms with Gasteiger partial charge >= 0.3 is 0 Å². The summed E-state index contributed by atoms with van der Waals surface area (Å²) in [5.74, 6) is 1.79. The van der Waals surface area contributed by atoms with Crippen LogP contribution in [-0.2, 0) is 0 Å². The molecule has 3 aromatic heterocycles. The summed E-state index contributed by atoms with van der Waals surface area (Å²) in [5.41, 5.74) is 7.80. The summed E-state index contributed by atoms with van der Waals surface area (Å²) in [7, 11) is 0. The van der Waals surface area contributed by atoms with Crippen molar-refractivity contribution in [3.63, 3.8) is 0 Å². The number of para-hydroxylation sites is 2. The van der Waals surface area contributed by atoms with Gasteiger partial charge in [-0.15, -0.1) is 0 Å². The molecule has 0 fully saturated rings. The lowest BCUT2D eigenvalue weighted by molar-refractivity contribution is 0.669. The number of furan rings is 1. The van der Waals surface area contributed by atoms with Gasteiger partial charge in [-0.25, -0.2) is 4.98 Å². The molecule has 0 unspecified atom stereocenters. The Labute approximate surface area is 298 Å². The molecule has 0 saturated carbocycles. The Kier molecular flexibility index (Phi) is 6.18. The summed E-state index contributed by atoms with van der Waals surface area (Å²) in [6, 6.07) is 59.2. The van der Waals surface area contributed by atoms with Crippen LogP contribution in [0.4, 0.5) is 0 Å². The lowest BCUT2D eigenvalue weighted by Crippen LogP contribution is -2.07. The molecule has 0 aliphatic heterocycles. The summed E-state index contributed by atoms with van der Waals surface area (Å²) >= 11 is 0. The van der Waals surface area contributed by atoms with Crippen LogP contribution in [0, 0.1) is 0 Å². The number of hydrogen-bond acceptors (Lipinski definition) is 4. The van der Waals surface area contributed by atoms with Crippen LogP contribution in [0.5, 0.6) is 0 Å². The second-order valence-electron chi connectivity index (χ2n) is 13.2. The summed E-state index contributed by atoms with van der Waals surface area (Å²) < 4.78 is 8.62. The van der Waals surface area contributed by atoms with Gasteiger partial charge in [0, 0.05) is 38.2 Å². The second-order valence-corrected chi connectivity index (χ2v) is 13.2. The minimum atomic E-state index is 0.559. The first-order chi connectivity index (χ1) is 25.8. The van der Waals surface area contributed by atoms with Crippen LogP contribution in [0.3, 0.4) is 0 Å². The van der Waals surface area contributed by atoms with Gasteiger partial charge in [-0.3, -0.25) is 4.57 Å². The van der Waals surface area contributed by atoms with E-state index in [0.29, 0.717) is 17.6 Å². The molecule has 11 aromatic rings. The van der Waals surface area contributed by atoms with E-state index in [1.54, 1.807) is 0 Å². The van der Waals surface area contributed by atoms with Gasteiger partial charge in [-0.2, -0.15) is 9.97 Å². The highest BCUT2D eigenvalue weighted by atomic mass is 16.3. The molecule has 8 aromatic carbocycles. The predicted molar refractivity (Wildman–Crippen MR) is 213 cm³/mol. The summed E-state index contributed by atoms with van der Waals surface area (Å²) in [4.78, 5) is 15.7. The second kappa shape index (κ2) is 11.2. The molecule has 242 valence electrons. The summed E-state index contributed by atoms with van der Waals surface area (Å²) in [6.45, 7) is 0. The van der Waals surface area contributed by atoms with Gasteiger partial charge in [0.15, 0.2) is 11.6 Å². The van der Waals surface area contributed by atoms with Crippen molar-refractivity contribution in [2.45, 2.75) is 0 Å². The van der Waals surface area contributed by atoms with Crippen LogP contribution in [0.25, 0.3) is 105 Å². The van der Waals surface area contributed by atoms with E-state index in [2.05, 4.69) is 144 Å². The highest BCUT2D eigenvalue weighted by molar-refractivity contribution is 6.20. The van der Waals surface area contributed by atoms with E-state index in [0.717, 1.165) is 76.8 Å². The van der Waals surface area contributed by atoms with Crippen molar-refractivity contribution in [2.75, 3.05) is 0 Å². The Balaban J connectivity index is 1.28. The van der Waals surface area contributed by atoms with Crippen LogP contribution in [0.15, 0.2) is 174 Å². The maximum Gasteiger partial charge on any atom is 0.238 e. The van der Waals surface area contributed by atoms with Crippen molar-refractivity contribution in [3.05, 3.63) is 170 Å². The molecule has 0 radical (unpaired) electrons. The average Bonchev–Trinajstić information content (AvgIpc) is 3.75. The zero-order chi connectivity index (χ0) is 34.2. The standard InChI is InChI=1S/C47H28N4O/c1-2-13-30(14-3-1)45-48-46(34-25-24-29-12-4-5-15-31(29)26-34)50-47(49-45)51-40-28-33-17-7-6-16-32(33)27-39(40)37-21-10-20-36(44(37)51)35-19-11-23-42-43(35)38-18-8-9-22-41(38)52-42/h1-28H. The fourth-order valence-electron chi connectivity index (χ4n) is 7.81. The molecule has 0 saturated heterocycles. The van der Waals surface area contributed by atoms with E-state index >= 15 is 0 Å². The third-order valence-electron chi connectivity index (χ3n) is 10.2. The summed E-state index contributed by atoms with van der Waals surface area (Å²) in [5, 5.41) is 9.06. The van der Waals surface area contributed by atoms with Gasteiger partial charge in [-0.1, -0.05) is 140 Å². The van der Waals surface area contributed by atoms with Crippen molar-refractivity contribution in [1.29, 1.82) is 0 Å². The molecule has 52 heavy (non-hydrogen) atoms. The van der Waals surface area contributed by atoms with Crippen molar-refractivity contribution in [3.8, 4) is 39.9 Å². The number of fused-ring (bicyclic) bond motifs is 8. The first-order valence-electron chi connectivity index (χ1n) is 17.4. The molecule has 0 aliphatic rings. The van der Waals surface area contributed by atoms with E-state index in [9.17, 15) is 0 Å². The quantitative estimate of drug-likeness (QED) is 0.188. The summed E-state index contributed by atoms with van der Waals surface area (Å²) in [6.07, 6.45) is 0. The van der Waals surface area contributed by atoms with Crippen LogP contribution in [-0.4, -0.2) is 19.5 Å². The van der Waals surface area contributed by atoms with E-state index in [1.165, 1.54) is 10.8 Å². The molecular formula is C47H28N4O. The topological polar surface area (TPSA) is 56.7 Å². The monoisotopic (exact) mass is 664 g/mol. The Hall–Kier alpha value is -7.11. The molecule has 5 heteroatoms. The average molecular weight is 665 g/mol. The van der Waals surface area contributed by atoms with Crippen molar-refractivity contribution in [1.82, 2.24) is 19.5 Å². The number of benzene rings is 8. The molecule has 3 heterocycles. The highest BCUT2D eigenvalue weighted by Gasteiger charge is 2.23. The smallest absolute Gasteiger partial charge is 0.238 e. The number of nitrogens with zero attached hydrogens (tertiary/aromatic N) is 4. The minimum Gasteiger partial charge on any atom is -0.456 e. The van der Waals surface area contributed by atoms with Gasteiger partial charge in [0.1, 0.15) is 11.2 Å². The molecule has 5 nitrogen and oxygen atoms in total. The largest absolute Gasteiger partial charge is 0.456 e. The maximum atomic E-state index is 6.37. The van der Waals surface area contributed by atoms with E-state index in [-0.39, 0.29) is 0 Å². The fourth-order valence-corrected chi connectivity index (χ4v) is 7.81. The minimum absolute atomic E-state index is 0.559. The Morgan fingerprint density at radius 3 is 1.88 bits per heavy atom. The zero-order valence-electron chi connectivity index (χ0n) is 27.9. The zero-order valence-corrected chi connectivity index (χ0v) is 27.9. The van der Waals surface area contributed by atoms with Gasteiger partial charge in [-0.05, 0) is 57.4 Å². The van der Waals surface area contributed by atoms with Crippen molar-refractivity contribution < 1.29 is 4.42 Å². The van der Waals surface area contributed by atoms with E-state index in [1.807, 2.05) is 30.3 Å². The number of hydrogen-bond donors (Lipinski definition) is 0. The van der Waals surface area contributed by atoms with Crippen LogP contribution >= 0.6 is 0 Å². The molecule has 0 bridgehead atoms. The van der Waals surface area contributed by atoms with Crippen LogP contribution in [0.1, 0.15) is 0 Å². The molecule has 0 spiro atoms. The Morgan fingerprint density at radius 1 is 0.404 bits per heavy atom. The predicted octanol–water partition coefficient (Wildman–Crippen LogP) is 12.2. The number of aromatic nitrogens is 4. The molecular weight excluding hydrogens is 637 g/mol. The third kappa shape index (κ3) is 4.39. The number of rotatable bonds is 4. The van der Waals surface area contributed by atoms with Crippen LogP contribution < -0.4 is 0 Å². The molecule has 0 atom stereocenters. The Morgan fingerprint density at radius 2 is 1.04 bits per heavy atom. The van der Waals surface area contributed by atoms with Crippen LogP contribution in [0.2, 0.25) is 0 Å². The SMILES string of the molecule is c1ccc(-c2nc(-c3ccc4ccccc4c3)nc(-n3c4cc5ccccc5cc4c4cccc(-c5cccc6oc7ccccc7c56)c43)n2)cc1. The van der Waals surface area contributed by atoms with Crippen molar-refractivity contribution in [2.24, 2.45) is 0 Å². The third-order valence-corrected chi connectivity index (χ3v) is 10.2. The lowest BCUT2D eigenvalue weighted by Gasteiger charge is -2.14. The van der Waals surface area contributed by atoms with Gasteiger partial charge in [0.25, 0.3) is 0 Å². The fraction of sp³-hybridized carbons (Fsp3) is 0. The molecule has 0 N–H and O–H groups in total. The van der Waals surface area contributed by atoms with E-state index in [4.69, 9.17) is 19.4 Å². The first-order valence-corrected chi connectivity index (χ1v) is 17.4. The van der Waals surface area contributed by atoms with Gasteiger partial charge in [0.2, 0.25) is 5.95 Å². The normalized spacial score (nSPS) is 11.8.